The predicted octanol–water partition coefficient (Wildman–Crippen LogP) is 0.760. The molecule has 0 saturated carbocycles. The highest BCUT2D eigenvalue weighted by molar-refractivity contribution is 7.88. The maximum atomic E-state index is 12.8. The molecule has 0 atom stereocenters. The maximum Gasteiger partial charge on any atom is 0.225 e. The van der Waals surface area contributed by atoms with E-state index in [-0.39, 0.29) is 11.8 Å². The van der Waals surface area contributed by atoms with Crippen molar-refractivity contribution in [3.8, 4) is 0 Å². The van der Waals surface area contributed by atoms with Crippen molar-refractivity contribution in [1.29, 1.82) is 0 Å². The van der Waals surface area contributed by atoms with Gasteiger partial charge in [-0.3, -0.25) is 4.79 Å². The van der Waals surface area contributed by atoms with Gasteiger partial charge in [-0.25, -0.2) is 12.7 Å². The summed E-state index contributed by atoms with van der Waals surface area (Å²) < 4.78 is 30.2. The van der Waals surface area contributed by atoms with Crippen LogP contribution >= 0.6 is 0 Å². The highest BCUT2D eigenvalue weighted by Gasteiger charge is 2.34. The van der Waals surface area contributed by atoms with Gasteiger partial charge in [-0.2, -0.15) is 0 Å². The van der Waals surface area contributed by atoms with Crippen LogP contribution in [0.4, 0.5) is 0 Å². The summed E-state index contributed by atoms with van der Waals surface area (Å²) >= 11 is 0. The fraction of sp³-hybridized carbons (Fsp3) is 0.944. The molecule has 0 spiro atoms. The summed E-state index contributed by atoms with van der Waals surface area (Å²) in [6.07, 6.45) is 7.26. The standard InChI is InChI=1S/C18H33N3O4S/c1-25-17-7-11-19(12-8-17)16-5-9-20(10-6-16)18(22)15-3-13-21(14-4-15)26(2,23)24/h15-17H,3-14H2,1-2H3. The molecule has 0 aromatic heterocycles. The van der Waals surface area contributed by atoms with Gasteiger partial charge < -0.3 is 14.5 Å². The first-order chi connectivity index (χ1) is 12.4. The first kappa shape index (κ1) is 20.0. The molecule has 7 nitrogen and oxygen atoms in total. The van der Waals surface area contributed by atoms with Crippen LogP contribution in [-0.4, -0.2) is 93.2 Å². The quantitative estimate of drug-likeness (QED) is 0.712. The molecule has 0 aliphatic carbocycles. The summed E-state index contributed by atoms with van der Waals surface area (Å²) in [6, 6.07) is 0.587. The number of likely N-dealkylation sites (tertiary alicyclic amines) is 2. The Morgan fingerprint density at radius 3 is 1.96 bits per heavy atom. The van der Waals surface area contributed by atoms with E-state index in [0.29, 0.717) is 38.1 Å². The van der Waals surface area contributed by atoms with Crippen LogP contribution in [0.3, 0.4) is 0 Å². The Bertz CT molecular complexity index is 573. The number of piperidine rings is 3. The zero-order valence-electron chi connectivity index (χ0n) is 16.1. The molecule has 3 aliphatic rings. The maximum absolute atomic E-state index is 12.8. The van der Waals surface area contributed by atoms with Crippen LogP contribution in [0, 0.1) is 5.92 Å². The molecule has 3 heterocycles. The van der Waals surface area contributed by atoms with E-state index in [9.17, 15) is 13.2 Å². The lowest BCUT2D eigenvalue weighted by atomic mass is 9.94. The van der Waals surface area contributed by atoms with E-state index in [1.165, 1.54) is 10.6 Å². The Labute approximate surface area is 157 Å². The minimum Gasteiger partial charge on any atom is -0.381 e. The second-order valence-electron chi connectivity index (χ2n) is 7.96. The lowest BCUT2D eigenvalue weighted by Gasteiger charge is -2.42. The molecule has 1 amide bonds. The van der Waals surface area contributed by atoms with Gasteiger partial charge >= 0.3 is 0 Å². The molecule has 0 unspecified atom stereocenters. The molecule has 0 bridgehead atoms. The van der Waals surface area contributed by atoms with Gasteiger partial charge in [0, 0.05) is 58.3 Å². The Hall–Kier alpha value is -0.700. The number of sulfonamides is 1. The predicted molar refractivity (Wildman–Crippen MR) is 100 cm³/mol. The van der Waals surface area contributed by atoms with E-state index in [1.807, 2.05) is 4.90 Å². The van der Waals surface area contributed by atoms with E-state index >= 15 is 0 Å². The van der Waals surface area contributed by atoms with Crippen molar-refractivity contribution in [2.45, 2.75) is 50.7 Å². The fourth-order valence-corrected chi connectivity index (χ4v) is 5.49. The van der Waals surface area contributed by atoms with Gasteiger partial charge in [0.15, 0.2) is 0 Å². The number of carbonyl (C=O) groups excluding carboxylic acids is 1. The highest BCUT2D eigenvalue weighted by Crippen LogP contribution is 2.26. The normalized spacial score (nSPS) is 26.3. The Morgan fingerprint density at radius 2 is 1.46 bits per heavy atom. The highest BCUT2D eigenvalue weighted by atomic mass is 32.2. The first-order valence-corrected chi connectivity index (χ1v) is 11.7. The molecule has 0 aromatic carbocycles. The van der Waals surface area contributed by atoms with Crippen molar-refractivity contribution in [2.24, 2.45) is 5.92 Å². The summed E-state index contributed by atoms with van der Waals surface area (Å²) in [7, 11) is -1.34. The average Bonchev–Trinajstić information content (AvgIpc) is 2.67. The van der Waals surface area contributed by atoms with Crippen molar-refractivity contribution in [1.82, 2.24) is 14.1 Å². The average molecular weight is 388 g/mol. The molecular weight excluding hydrogens is 354 g/mol. The van der Waals surface area contributed by atoms with Crippen LogP contribution in [0.15, 0.2) is 0 Å². The summed E-state index contributed by atoms with van der Waals surface area (Å²) in [5.74, 6) is 0.219. The molecule has 0 radical (unpaired) electrons. The van der Waals surface area contributed by atoms with Gasteiger partial charge in [0.25, 0.3) is 0 Å². The SMILES string of the molecule is COC1CCN(C2CCN(C(=O)C3CCN(S(C)(=O)=O)CC3)CC2)CC1. The molecule has 26 heavy (non-hydrogen) atoms. The summed E-state index contributed by atoms with van der Waals surface area (Å²) in [5.41, 5.74) is 0. The largest absolute Gasteiger partial charge is 0.381 e. The minimum atomic E-state index is -3.13. The van der Waals surface area contributed by atoms with E-state index in [2.05, 4.69) is 4.90 Å². The van der Waals surface area contributed by atoms with Gasteiger partial charge in [0.1, 0.15) is 0 Å². The number of amides is 1. The smallest absolute Gasteiger partial charge is 0.225 e. The number of hydrogen-bond acceptors (Lipinski definition) is 5. The number of rotatable bonds is 4. The molecule has 3 rings (SSSR count). The molecule has 8 heteroatoms. The number of ether oxygens (including phenoxy) is 1. The lowest BCUT2D eigenvalue weighted by Crippen LogP contribution is -2.51. The monoisotopic (exact) mass is 387 g/mol. The van der Waals surface area contributed by atoms with Crippen molar-refractivity contribution >= 4 is 15.9 Å². The number of hydrogen-bond donors (Lipinski definition) is 0. The molecule has 150 valence electrons. The molecular formula is C18H33N3O4S. The summed E-state index contributed by atoms with van der Waals surface area (Å²) in [6.45, 7) is 4.81. The second-order valence-corrected chi connectivity index (χ2v) is 9.95. The summed E-state index contributed by atoms with van der Waals surface area (Å²) in [5, 5.41) is 0. The first-order valence-electron chi connectivity index (χ1n) is 9.89. The Kier molecular flexibility index (Phi) is 6.59. The second kappa shape index (κ2) is 8.54. The third kappa shape index (κ3) is 4.77. The molecule has 3 saturated heterocycles. The number of nitrogens with zero attached hydrogens (tertiary/aromatic N) is 3. The third-order valence-corrected chi connectivity index (χ3v) is 7.68. The van der Waals surface area contributed by atoms with E-state index < -0.39 is 10.0 Å². The lowest BCUT2D eigenvalue weighted by molar-refractivity contribution is -0.138. The van der Waals surface area contributed by atoms with E-state index in [4.69, 9.17) is 4.74 Å². The van der Waals surface area contributed by atoms with Gasteiger partial charge in [-0.1, -0.05) is 0 Å². The van der Waals surface area contributed by atoms with Crippen molar-refractivity contribution < 1.29 is 17.9 Å². The molecule has 0 N–H and O–H groups in total. The van der Waals surface area contributed by atoms with E-state index in [1.54, 1.807) is 7.11 Å². The van der Waals surface area contributed by atoms with Crippen LogP contribution in [0.2, 0.25) is 0 Å². The van der Waals surface area contributed by atoms with Crippen molar-refractivity contribution in [3.63, 3.8) is 0 Å². The zero-order valence-corrected chi connectivity index (χ0v) is 16.9. The van der Waals surface area contributed by atoms with Crippen molar-refractivity contribution in [2.75, 3.05) is 52.6 Å². The molecule has 0 aromatic rings. The number of methoxy groups -OCH3 is 1. The van der Waals surface area contributed by atoms with Gasteiger partial charge in [-0.15, -0.1) is 0 Å². The number of carbonyl (C=O) groups is 1. The Morgan fingerprint density at radius 1 is 0.885 bits per heavy atom. The Balaban J connectivity index is 1.43. The van der Waals surface area contributed by atoms with Crippen LogP contribution in [0.25, 0.3) is 0 Å². The van der Waals surface area contributed by atoms with Gasteiger partial charge in [0.05, 0.1) is 12.4 Å². The van der Waals surface area contributed by atoms with Gasteiger partial charge in [0.2, 0.25) is 15.9 Å². The van der Waals surface area contributed by atoms with Crippen LogP contribution in [-0.2, 0) is 19.6 Å². The van der Waals surface area contributed by atoms with Crippen LogP contribution < -0.4 is 0 Å². The minimum absolute atomic E-state index is 0.0120. The van der Waals surface area contributed by atoms with Crippen LogP contribution in [0.5, 0.6) is 0 Å². The topological polar surface area (TPSA) is 70.2 Å². The van der Waals surface area contributed by atoms with Crippen LogP contribution in [0.1, 0.15) is 38.5 Å². The van der Waals surface area contributed by atoms with Gasteiger partial charge in [-0.05, 0) is 38.5 Å². The zero-order chi connectivity index (χ0) is 18.7. The molecule has 3 aliphatic heterocycles. The molecule has 3 fully saturated rings. The van der Waals surface area contributed by atoms with Crippen molar-refractivity contribution in [3.05, 3.63) is 0 Å². The summed E-state index contributed by atoms with van der Waals surface area (Å²) in [4.78, 5) is 17.4. The third-order valence-electron chi connectivity index (χ3n) is 6.37. The van der Waals surface area contributed by atoms with E-state index in [0.717, 1.165) is 51.9 Å². The fourth-order valence-electron chi connectivity index (χ4n) is 4.62.